The monoisotopic (exact) mass is 358 g/mol. The van der Waals surface area contributed by atoms with Crippen molar-refractivity contribution < 1.29 is 13.9 Å². The molecular weight excluding hydrogens is 340 g/mol. The molecule has 5 heteroatoms. The largest absolute Gasteiger partial charge is 0.455 e. The van der Waals surface area contributed by atoms with Crippen LogP contribution in [-0.2, 0) is 11.3 Å². The number of carbonyl (C=O) groups excluding carboxylic acids is 1. The molecule has 0 spiro atoms. The molecule has 134 valence electrons. The fourth-order valence-corrected chi connectivity index (χ4v) is 2.95. The molecule has 0 amide bonds. The van der Waals surface area contributed by atoms with Crippen molar-refractivity contribution in [3.8, 4) is 11.5 Å². The molecule has 0 saturated heterocycles. The summed E-state index contributed by atoms with van der Waals surface area (Å²) in [4.78, 5) is 21.6. The van der Waals surface area contributed by atoms with Crippen LogP contribution in [0, 0.1) is 13.8 Å². The number of para-hydroxylation sites is 1. The molecule has 0 N–H and O–H groups in total. The molecule has 2 aromatic carbocycles. The number of hydrogen-bond donors (Lipinski definition) is 0. The van der Waals surface area contributed by atoms with Gasteiger partial charge in [-0.15, -0.1) is 0 Å². The molecule has 0 aliphatic rings. The maximum atomic E-state index is 12.7. The van der Waals surface area contributed by atoms with E-state index >= 15 is 0 Å². The first-order valence-electron chi connectivity index (χ1n) is 8.67. The zero-order valence-corrected chi connectivity index (χ0v) is 15.1. The second-order valence-corrected chi connectivity index (χ2v) is 6.29. The summed E-state index contributed by atoms with van der Waals surface area (Å²) in [5.41, 5.74) is 3.53. The van der Waals surface area contributed by atoms with E-state index in [9.17, 15) is 4.79 Å². The lowest BCUT2D eigenvalue weighted by molar-refractivity contribution is 0.0469. The van der Waals surface area contributed by atoms with Gasteiger partial charge in [-0.05, 0) is 38.1 Å². The summed E-state index contributed by atoms with van der Waals surface area (Å²) < 4.78 is 11.2. The Hall–Kier alpha value is -3.47. The Kier molecular flexibility index (Phi) is 4.42. The zero-order chi connectivity index (χ0) is 18.8. The molecule has 0 fully saturated rings. The van der Waals surface area contributed by atoms with E-state index in [-0.39, 0.29) is 6.61 Å². The molecular formula is C22H18N2O3. The highest BCUT2D eigenvalue weighted by molar-refractivity contribution is 6.03. The van der Waals surface area contributed by atoms with Gasteiger partial charge in [-0.25, -0.2) is 9.78 Å². The topological polar surface area (TPSA) is 65.2 Å². The van der Waals surface area contributed by atoms with Crippen LogP contribution in [0.3, 0.4) is 0 Å². The van der Waals surface area contributed by atoms with Crippen LogP contribution < -0.4 is 0 Å². The molecule has 0 aliphatic heterocycles. The summed E-state index contributed by atoms with van der Waals surface area (Å²) in [6.45, 7) is 3.72. The van der Waals surface area contributed by atoms with Crippen LogP contribution in [0.1, 0.15) is 27.5 Å². The van der Waals surface area contributed by atoms with E-state index in [2.05, 4.69) is 9.97 Å². The number of ether oxygens (including phenoxy) is 1. The number of esters is 1. The third kappa shape index (κ3) is 3.44. The Morgan fingerprint density at radius 1 is 1.00 bits per heavy atom. The highest BCUT2D eigenvalue weighted by atomic mass is 16.5. The van der Waals surface area contributed by atoms with Crippen molar-refractivity contribution in [3.05, 3.63) is 83.4 Å². The molecule has 4 aromatic rings. The summed E-state index contributed by atoms with van der Waals surface area (Å²) in [6, 6.07) is 18.9. The molecule has 0 bridgehead atoms. The van der Waals surface area contributed by atoms with E-state index in [0.717, 1.165) is 22.2 Å². The van der Waals surface area contributed by atoms with Gasteiger partial charge in [-0.3, -0.25) is 4.98 Å². The van der Waals surface area contributed by atoms with Crippen molar-refractivity contribution in [1.82, 2.24) is 9.97 Å². The Morgan fingerprint density at radius 2 is 1.74 bits per heavy atom. The summed E-state index contributed by atoms with van der Waals surface area (Å²) in [5, 5.41) is 0.773. The highest BCUT2D eigenvalue weighted by Crippen LogP contribution is 2.23. The number of aryl methyl sites for hydroxylation is 2. The van der Waals surface area contributed by atoms with E-state index in [1.807, 2.05) is 68.4 Å². The summed E-state index contributed by atoms with van der Waals surface area (Å²) in [7, 11) is 0. The minimum Gasteiger partial charge on any atom is -0.455 e. The van der Waals surface area contributed by atoms with Crippen molar-refractivity contribution in [2.45, 2.75) is 20.5 Å². The molecule has 2 heterocycles. The number of pyridine rings is 1. The van der Waals surface area contributed by atoms with E-state index in [1.165, 1.54) is 0 Å². The Balaban J connectivity index is 1.56. The molecule has 0 atom stereocenters. The third-order valence-corrected chi connectivity index (χ3v) is 4.32. The van der Waals surface area contributed by atoms with Gasteiger partial charge >= 0.3 is 5.97 Å². The molecule has 0 aliphatic carbocycles. The van der Waals surface area contributed by atoms with Gasteiger partial charge < -0.3 is 9.15 Å². The van der Waals surface area contributed by atoms with Gasteiger partial charge in [-0.1, -0.05) is 36.4 Å². The van der Waals surface area contributed by atoms with E-state index in [0.29, 0.717) is 22.9 Å². The molecule has 0 unspecified atom stereocenters. The van der Waals surface area contributed by atoms with Crippen LogP contribution in [-0.4, -0.2) is 15.9 Å². The number of rotatable bonds is 4. The van der Waals surface area contributed by atoms with Crippen LogP contribution >= 0.6 is 0 Å². The zero-order valence-electron chi connectivity index (χ0n) is 15.1. The molecule has 27 heavy (non-hydrogen) atoms. The number of carbonyl (C=O) groups is 1. The quantitative estimate of drug-likeness (QED) is 0.487. The van der Waals surface area contributed by atoms with Crippen LogP contribution in [0.2, 0.25) is 0 Å². The second kappa shape index (κ2) is 7.03. The summed E-state index contributed by atoms with van der Waals surface area (Å²) in [6.07, 6.45) is 0. The fourth-order valence-electron chi connectivity index (χ4n) is 2.95. The number of oxazole rings is 1. The highest BCUT2D eigenvalue weighted by Gasteiger charge is 2.16. The van der Waals surface area contributed by atoms with Crippen molar-refractivity contribution in [2.75, 3.05) is 0 Å². The predicted molar refractivity (Wildman–Crippen MR) is 102 cm³/mol. The lowest BCUT2D eigenvalue weighted by Crippen LogP contribution is -2.08. The van der Waals surface area contributed by atoms with Gasteiger partial charge in [0, 0.05) is 16.6 Å². The molecule has 4 rings (SSSR count). The van der Waals surface area contributed by atoms with Crippen molar-refractivity contribution in [3.63, 3.8) is 0 Å². The van der Waals surface area contributed by atoms with Crippen LogP contribution in [0.5, 0.6) is 0 Å². The number of benzene rings is 2. The Bertz CT molecular complexity index is 1120. The first-order chi connectivity index (χ1) is 13.1. The molecule has 0 saturated carbocycles. The van der Waals surface area contributed by atoms with E-state index in [1.54, 1.807) is 6.07 Å². The molecule has 2 aromatic heterocycles. The summed E-state index contributed by atoms with van der Waals surface area (Å²) in [5.74, 6) is 0.752. The first-order valence-corrected chi connectivity index (χ1v) is 8.67. The maximum Gasteiger partial charge on any atom is 0.339 e. The van der Waals surface area contributed by atoms with Gasteiger partial charge in [0.1, 0.15) is 18.1 Å². The molecule has 5 nitrogen and oxygen atoms in total. The molecule has 0 radical (unpaired) electrons. The lowest BCUT2D eigenvalue weighted by Gasteiger charge is -2.07. The lowest BCUT2D eigenvalue weighted by atomic mass is 10.1. The van der Waals surface area contributed by atoms with Gasteiger partial charge in [0.25, 0.3) is 0 Å². The maximum absolute atomic E-state index is 12.7. The third-order valence-electron chi connectivity index (χ3n) is 4.32. The fraction of sp³-hybridized carbons (Fsp3) is 0.136. The van der Waals surface area contributed by atoms with Crippen LogP contribution in [0.4, 0.5) is 0 Å². The average molecular weight is 358 g/mol. The Labute approximate surface area is 156 Å². The van der Waals surface area contributed by atoms with Crippen LogP contribution in [0.15, 0.2) is 65.1 Å². The first kappa shape index (κ1) is 17.0. The average Bonchev–Trinajstić information content (AvgIpc) is 3.07. The van der Waals surface area contributed by atoms with Gasteiger partial charge in [0.2, 0.25) is 5.89 Å². The number of fused-ring (bicyclic) bond motifs is 1. The SMILES string of the molecule is Cc1cc(C(=O)OCc2nc(-c3ccccc3)oc2C)c2ccccc2n1. The summed E-state index contributed by atoms with van der Waals surface area (Å²) >= 11 is 0. The van der Waals surface area contributed by atoms with Gasteiger partial charge in [0.15, 0.2) is 0 Å². The number of nitrogens with zero attached hydrogens (tertiary/aromatic N) is 2. The van der Waals surface area contributed by atoms with Crippen molar-refractivity contribution in [2.24, 2.45) is 0 Å². The van der Waals surface area contributed by atoms with Crippen LogP contribution in [0.25, 0.3) is 22.4 Å². The van der Waals surface area contributed by atoms with Gasteiger partial charge in [0.05, 0.1) is 11.1 Å². The smallest absolute Gasteiger partial charge is 0.339 e. The predicted octanol–water partition coefficient (Wildman–Crippen LogP) is 4.86. The normalized spacial score (nSPS) is 10.9. The minimum atomic E-state index is -0.402. The second-order valence-electron chi connectivity index (χ2n) is 6.29. The standard InChI is InChI=1S/C22H18N2O3/c1-14-12-18(17-10-6-7-11-19(17)23-14)22(25)26-13-20-15(2)27-21(24-20)16-8-4-3-5-9-16/h3-12H,13H2,1-2H3. The van der Waals surface area contributed by atoms with E-state index < -0.39 is 5.97 Å². The number of hydrogen-bond acceptors (Lipinski definition) is 5. The van der Waals surface area contributed by atoms with E-state index in [4.69, 9.17) is 9.15 Å². The minimum absolute atomic E-state index is 0.0523. The van der Waals surface area contributed by atoms with Crippen molar-refractivity contribution >= 4 is 16.9 Å². The Morgan fingerprint density at radius 3 is 2.56 bits per heavy atom. The van der Waals surface area contributed by atoms with Crippen molar-refractivity contribution in [1.29, 1.82) is 0 Å². The number of aromatic nitrogens is 2. The van der Waals surface area contributed by atoms with Gasteiger partial charge in [-0.2, -0.15) is 0 Å².